The van der Waals surface area contributed by atoms with Crippen molar-refractivity contribution in [2.45, 2.75) is 0 Å². The topological polar surface area (TPSA) is 54.4 Å². The van der Waals surface area contributed by atoms with E-state index in [-0.39, 0.29) is 58.6 Å². The minimum Gasteiger partial charge on any atom is -1.00 e. The van der Waals surface area contributed by atoms with Crippen LogP contribution in [-0.2, 0) is 10.1 Å². The maximum atomic E-state index is 9.72. The van der Waals surface area contributed by atoms with Gasteiger partial charge in [0.05, 0.1) is 5.75 Å². The minimum absolute atomic E-state index is 0. The summed E-state index contributed by atoms with van der Waals surface area (Å²) >= 11 is 0. The van der Waals surface area contributed by atoms with Gasteiger partial charge in [-0.2, -0.15) is 8.42 Å². The minimum atomic E-state index is -3.79. The fraction of sp³-hybridized carbons (Fsp3) is 0.333. The summed E-state index contributed by atoms with van der Waals surface area (Å²) in [5, 5.41) is 0. The van der Waals surface area contributed by atoms with Crippen LogP contribution < -0.4 is 51.4 Å². The summed E-state index contributed by atoms with van der Waals surface area (Å²) in [7, 11) is -3.79. The van der Waals surface area contributed by atoms with Crippen LogP contribution in [0.2, 0.25) is 0 Å². The molecule has 0 aliphatic heterocycles. The van der Waals surface area contributed by atoms with Gasteiger partial charge in [0.1, 0.15) is 0 Å². The fourth-order valence-electron chi connectivity index (χ4n) is 0.149. The zero-order valence-electron chi connectivity index (χ0n) is 5.66. The third-order valence-electron chi connectivity index (χ3n) is 0.328. The Hall–Kier alpha value is 1.29. The van der Waals surface area contributed by atoms with Crippen molar-refractivity contribution in [1.29, 1.82) is 0 Å². The van der Waals surface area contributed by atoms with E-state index in [1.54, 1.807) is 0 Å². The van der Waals surface area contributed by atoms with E-state index >= 15 is 0 Å². The van der Waals surface area contributed by atoms with E-state index in [0.29, 0.717) is 0 Å². The van der Waals surface area contributed by atoms with E-state index in [2.05, 4.69) is 6.58 Å². The van der Waals surface area contributed by atoms with Crippen LogP contribution >= 0.6 is 0 Å². The van der Waals surface area contributed by atoms with Crippen LogP contribution in [-0.4, -0.2) is 18.7 Å². The summed E-state index contributed by atoms with van der Waals surface area (Å²) in [6, 6.07) is 0. The quantitative estimate of drug-likeness (QED) is 0.271. The van der Waals surface area contributed by atoms with Gasteiger partial charge in [-0.1, -0.05) is 6.08 Å². The molecular formula is C3H7KO3S. The molecule has 0 unspecified atom stereocenters. The number of hydrogen-bond acceptors (Lipinski definition) is 2. The van der Waals surface area contributed by atoms with Crippen LogP contribution in [0.25, 0.3) is 0 Å². The van der Waals surface area contributed by atoms with Crippen LogP contribution in [0.5, 0.6) is 0 Å². The molecule has 0 radical (unpaired) electrons. The van der Waals surface area contributed by atoms with Gasteiger partial charge >= 0.3 is 51.4 Å². The summed E-state index contributed by atoms with van der Waals surface area (Å²) in [4.78, 5) is 0. The third kappa shape index (κ3) is 10.3. The predicted molar refractivity (Wildman–Crippen MR) is 27.7 cm³/mol. The van der Waals surface area contributed by atoms with Crippen LogP contribution in [0.3, 0.4) is 0 Å². The summed E-state index contributed by atoms with van der Waals surface area (Å²) in [6.45, 7) is 3.11. The smallest absolute Gasteiger partial charge is 1.00 e. The van der Waals surface area contributed by atoms with Crippen LogP contribution in [0, 0.1) is 0 Å². The Labute approximate surface area is 92.8 Å². The second-order valence-electron chi connectivity index (χ2n) is 1.04. The fourth-order valence-corrected chi connectivity index (χ4v) is 0.447. The maximum absolute atomic E-state index is 9.72. The van der Waals surface area contributed by atoms with Crippen molar-refractivity contribution in [3.63, 3.8) is 0 Å². The van der Waals surface area contributed by atoms with Gasteiger partial charge in [-0.15, -0.1) is 6.58 Å². The second kappa shape index (κ2) is 5.10. The Morgan fingerprint density at radius 3 is 2.12 bits per heavy atom. The first kappa shape index (κ1) is 12.0. The molecule has 5 heteroatoms. The van der Waals surface area contributed by atoms with Crippen LogP contribution in [0.1, 0.15) is 1.43 Å². The average molecular weight is 162 g/mol. The molecule has 0 heterocycles. The molecule has 0 aliphatic carbocycles. The number of hydrogen-bond donors (Lipinski definition) is 1. The van der Waals surface area contributed by atoms with Crippen molar-refractivity contribution in [1.82, 2.24) is 0 Å². The monoisotopic (exact) mass is 162 g/mol. The molecule has 3 nitrogen and oxygen atoms in total. The SMILES string of the molecule is C=CCS(=O)(=O)O.[H-].[K+]. The summed E-state index contributed by atoms with van der Waals surface area (Å²) < 4.78 is 27.3. The van der Waals surface area contributed by atoms with Gasteiger partial charge in [0.2, 0.25) is 0 Å². The van der Waals surface area contributed by atoms with Gasteiger partial charge in [-0.05, 0) is 0 Å². The van der Waals surface area contributed by atoms with Gasteiger partial charge in [0, 0.05) is 0 Å². The first-order valence-electron chi connectivity index (χ1n) is 1.62. The van der Waals surface area contributed by atoms with Crippen molar-refractivity contribution in [2.24, 2.45) is 0 Å². The van der Waals surface area contributed by atoms with Gasteiger partial charge in [-0.3, -0.25) is 4.55 Å². The van der Waals surface area contributed by atoms with Crippen molar-refractivity contribution in [2.75, 3.05) is 5.75 Å². The van der Waals surface area contributed by atoms with Gasteiger partial charge in [-0.25, -0.2) is 0 Å². The molecule has 0 spiro atoms. The van der Waals surface area contributed by atoms with E-state index in [9.17, 15) is 8.42 Å². The van der Waals surface area contributed by atoms with Crippen molar-refractivity contribution < 1.29 is 65.8 Å². The van der Waals surface area contributed by atoms with E-state index in [0.717, 1.165) is 6.08 Å². The van der Waals surface area contributed by atoms with Gasteiger partial charge in [0.25, 0.3) is 10.1 Å². The Bertz CT molecular complexity index is 152. The molecule has 0 aromatic rings. The van der Waals surface area contributed by atoms with E-state index in [1.165, 1.54) is 0 Å². The molecule has 0 saturated heterocycles. The molecule has 0 atom stereocenters. The molecule has 0 aromatic heterocycles. The molecule has 0 saturated carbocycles. The van der Waals surface area contributed by atoms with Crippen LogP contribution in [0.15, 0.2) is 12.7 Å². The third-order valence-corrected chi connectivity index (χ3v) is 0.985. The molecule has 0 amide bonds. The number of rotatable bonds is 2. The molecule has 0 rings (SSSR count). The molecule has 44 valence electrons. The summed E-state index contributed by atoms with van der Waals surface area (Å²) in [6.07, 6.45) is 1.12. The standard InChI is InChI=1S/C3H6O3S.K.H/c1-2-3-7(4,5)6;;/h2H,1,3H2,(H,4,5,6);;/q;+1;-1. The zero-order valence-corrected chi connectivity index (χ0v) is 8.60. The summed E-state index contributed by atoms with van der Waals surface area (Å²) in [5.41, 5.74) is 0. The van der Waals surface area contributed by atoms with Crippen LogP contribution in [0.4, 0.5) is 0 Å². The molecule has 1 N–H and O–H groups in total. The molecule has 0 bridgehead atoms. The zero-order chi connectivity index (χ0) is 5.91. The molecule has 8 heavy (non-hydrogen) atoms. The average Bonchev–Trinajstić information content (AvgIpc) is 1.30. The van der Waals surface area contributed by atoms with Gasteiger partial charge < -0.3 is 1.43 Å². The molecule has 0 fully saturated rings. The Morgan fingerprint density at radius 1 is 1.75 bits per heavy atom. The van der Waals surface area contributed by atoms with Crippen molar-refractivity contribution in [3.8, 4) is 0 Å². The Kier molecular flexibility index (Phi) is 7.66. The van der Waals surface area contributed by atoms with E-state index in [4.69, 9.17) is 4.55 Å². The normalized spacial score (nSPS) is 9.62. The van der Waals surface area contributed by atoms with E-state index in [1.807, 2.05) is 0 Å². The van der Waals surface area contributed by atoms with Gasteiger partial charge in [0.15, 0.2) is 0 Å². The molecule has 0 aromatic carbocycles. The first-order valence-corrected chi connectivity index (χ1v) is 3.23. The van der Waals surface area contributed by atoms with E-state index < -0.39 is 10.1 Å². The molecule has 0 aliphatic rings. The second-order valence-corrected chi connectivity index (χ2v) is 2.53. The Balaban J connectivity index is -0.000000180. The van der Waals surface area contributed by atoms with Crippen molar-refractivity contribution >= 4 is 10.1 Å². The predicted octanol–water partition coefficient (Wildman–Crippen LogP) is -2.82. The van der Waals surface area contributed by atoms with Crippen molar-refractivity contribution in [3.05, 3.63) is 12.7 Å². The largest absolute Gasteiger partial charge is 1.00 e. The Morgan fingerprint density at radius 2 is 2.12 bits per heavy atom. The summed E-state index contributed by atoms with van der Waals surface area (Å²) in [5.74, 6) is -0.368. The first-order chi connectivity index (χ1) is 3.06. The molecular weight excluding hydrogens is 155 g/mol. The maximum Gasteiger partial charge on any atom is 1.00 e.